The van der Waals surface area contributed by atoms with Crippen molar-refractivity contribution in [2.75, 3.05) is 13.2 Å². The minimum Gasteiger partial charge on any atom is -0.381 e. The monoisotopic (exact) mass is 299 g/mol. The Balaban J connectivity index is 1.79. The smallest absolute Gasteiger partial charge is 0.221 e. The van der Waals surface area contributed by atoms with Gasteiger partial charge in [-0.3, -0.25) is 4.79 Å². The first-order valence-corrected chi connectivity index (χ1v) is 7.40. The molecule has 22 heavy (non-hydrogen) atoms. The SMILES string of the molecule is O=C(CC1COC1)NC(c1ccccc1)c1ccc(F)cc1. The normalized spacial score (nSPS) is 15.9. The third-order valence-electron chi connectivity index (χ3n) is 3.82. The summed E-state index contributed by atoms with van der Waals surface area (Å²) >= 11 is 0. The van der Waals surface area contributed by atoms with E-state index in [9.17, 15) is 9.18 Å². The van der Waals surface area contributed by atoms with Crippen molar-refractivity contribution in [1.82, 2.24) is 5.32 Å². The molecule has 3 rings (SSSR count). The van der Waals surface area contributed by atoms with Crippen LogP contribution < -0.4 is 5.32 Å². The highest BCUT2D eigenvalue weighted by Crippen LogP contribution is 2.23. The zero-order valence-electron chi connectivity index (χ0n) is 12.2. The maximum absolute atomic E-state index is 13.1. The van der Waals surface area contributed by atoms with Crippen molar-refractivity contribution in [3.05, 3.63) is 71.5 Å². The maximum Gasteiger partial charge on any atom is 0.221 e. The van der Waals surface area contributed by atoms with Crippen LogP contribution in [0.5, 0.6) is 0 Å². The van der Waals surface area contributed by atoms with Crippen LogP contribution in [0.1, 0.15) is 23.6 Å². The second-order valence-electron chi connectivity index (χ2n) is 5.57. The zero-order valence-corrected chi connectivity index (χ0v) is 12.2. The van der Waals surface area contributed by atoms with Crippen LogP contribution in [0.4, 0.5) is 4.39 Å². The van der Waals surface area contributed by atoms with Gasteiger partial charge in [-0.05, 0) is 23.3 Å². The van der Waals surface area contributed by atoms with Crippen LogP contribution in [-0.2, 0) is 9.53 Å². The van der Waals surface area contributed by atoms with Crippen LogP contribution in [0.15, 0.2) is 54.6 Å². The number of ether oxygens (including phenoxy) is 1. The van der Waals surface area contributed by atoms with Crippen LogP contribution in [-0.4, -0.2) is 19.1 Å². The van der Waals surface area contributed by atoms with Gasteiger partial charge in [0.1, 0.15) is 5.82 Å². The summed E-state index contributed by atoms with van der Waals surface area (Å²) in [6.07, 6.45) is 0.463. The van der Waals surface area contributed by atoms with Gasteiger partial charge in [0, 0.05) is 12.3 Å². The Labute approximate surface area is 129 Å². The molecule has 1 amide bonds. The highest BCUT2D eigenvalue weighted by Gasteiger charge is 2.24. The topological polar surface area (TPSA) is 38.3 Å². The van der Waals surface area contributed by atoms with Crippen molar-refractivity contribution in [3.8, 4) is 0 Å². The maximum atomic E-state index is 13.1. The Morgan fingerprint density at radius 3 is 2.32 bits per heavy atom. The van der Waals surface area contributed by atoms with Crippen LogP contribution in [0.2, 0.25) is 0 Å². The van der Waals surface area contributed by atoms with Gasteiger partial charge in [0.25, 0.3) is 0 Å². The molecule has 1 heterocycles. The second kappa shape index (κ2) is 6.71. The first-order chi connectivity index (χ1) is 10.7. The molecule has 2 aromatic rings. The minimum absolute atomic E-state index is 0.00789. The van der Waals surface area contributed by atoms with Crippen molar-refractivity contribution in [2.45, 2.75) is 12.5 Å². The molecule has 1 N–H and O–H groups in total. The fourth-order valence-electron chi connectivity index (χ4n) is 2.54. The number of carbonyl (C=O) groups excluding carboxylic acids is 1. The van der Waals surface area contributed by atoms with Crippen LogP contribution in [0.25, 0.3) is 0 Å². The zero-order chi connectivity index (χ0) is 15.4. The molecular formula is C18H18FNO2. The van der Waals surface area contributed by atoms with E-state index in [2.05, 4.69) is 5.32 Å². The third-order valence-corrected chi connectivity index (χ3v) is 3.82. The van der Waals surface area contributed by atoms with Gasteiger partial charge in [-0.15, -0.1) is 0 Å². The molecule has 3 nitrogen and oxygen atoms in total. The number of halogens is 1. The summed E-state index contributed by atoms with van der Waals surface area (Å²) in [7, 11) is 0. The minimum atomic E-state index is -0.284. The molecule has 0 saturated carbocycles. The molecule has 4 heteroatoms. The summed E-state index contributed by atoms with van der Waals surface area (Å²) in [5, 5.41) is 3.05. The highest BCUT2D eigenvalue weighted by molar-refractivity contribution is 5.77. The van der Waals surface area contributed by atoms with E-state index in [1.807, 2.05) is 30.3 Å². The molecule has 1 atom stereocenters. The molecule has 1 fully saturated rings. The lowest BCUT2D eigenvalue weighted by molar-refractivity contribution is -0.127. The number of hydrogen-bond acceptors (Lipinski definition) is 2. The number of nitrogens with one attached hydrogen (secondary N) is 1. The summed E-state index contributed by atoms with van der Waals surface area (Å²) in [5.74, 6) is 0.0182. The molecule has 0 spiro atoms. The van der Waals surface area contributed by atoms with Gasteiger partial charge >= 0.3 is 0 Å². The van der Waals surface area contributed by atoms with Crippen molar-refractivity contribution >= 4 is 5.91 Å². The molecule has 0 aliphatic carbocycles. The van der Waals surface area contributed by atoms with E-state index in [1.165, 1.54) is 12.1 Å². The second-order valence-corrected chi connectivity index (χ2v) is 5.57. The highest BCUT2D eigenvalue weighted by atomic mass is 19.1. The van der Waals surface area contributed by atoms with E-state index >= 15 is 0 Å². The lowest BCUT2D eigenvalue weighted by Crippen LogP contribution is -2.36. The number of benzene rings is 2. The molecule has 0 aromatic heterocycles. The predicted octanol–water partition coefficient (Wildman–Crippen LogP) is 3.07. The predicted molar refractivity (Wildman–Crippen MR) is 81.8 cm³/mol. The van der Waals surface area contributed by atoms with Gasteiger partial charge in [0.05, 0.1) is 19.3 Å². The van der Waals surface area contributed by atoms with E-state index in [1.54, 1.807) is 12.1 Å². The summed E-state index contributed by atoms with van der Waals surface area (Å²) < 4.78 is 18.2. The van der Waals surface area contributed by atoms with E-state index < -0.39 is 0 Å². The number of carbonyl (C=O) groups is 1. The fraction of sp³-hybridized carbons (Fsp3) is 0.278. The Morgan fingerprint density at radius 1 is 1.09 bits per heavy atom. The number of amides is 1. The lowest BCUT2D eigenvalue weighted by Gasteiger charge is -2.27. The van der Waals surface area contributed by atoms with E-state index in [-0.39, 0.29) is 17.8 Å². The molecular weight excluding hydrogens is 281 g/mol. The fourth-order valence-corrected chi connectivity index (χ4v) is 2.54. The summed E-state index contributed by atoms with van der Waals surface area (Å²) in [4.78, 5) is 12.2. The average molecular weight is 299 g/mol. The third kappa shape index (κ3) is 3.52. The van der Waals surface area contributed by atoms with Gasteiger partial charge in [-0.2, -0.15) is 0 Å². The first-order valence-electron chi connectivity index (χ1n) is 7.40. The van der Waals surface area contributed by atoms with Crippen molar-refractivity contribution in [1.29, 1.82) is 0 Å². The molecule has 1 aliphatic heterocycles. The summed E-state index contributed by atoms with van der Waals surface area (Å²) in [6, 6.07) is 15.7. The molecule has 1 unspecified atom stereocenters. The van der Waals surface area contributed by atoms with Crippen LogP contribution in [0, 0.1) is 11.7 Å². The van der Waals surface area contributed by atoms with Crippen LogP contribution in [0.3, 0.4) is 0 Å². The molecule has 1 saturated heterocycles. The summed E-state index contributed by atoms with van der Waals surface area (Å²) in [6.45, 7) is 1.31. The Morgan fingerprint density at radius 2 is 1.73 bits per heavy atom. The van der Waals surface area contributed by atoms with Gasteiger partial charge in [0.15, 0.2) is 0 Å². The largest absolute Gasteiger partial charge is 0.381 e. The van der Waals surface area contributed by atoms with Crippen molar-refractivity contribution in [2.24, 2.45) is 5.92 Å². The quantitative estimate of drug-likeness (QED) is 0.921. The van der Waals surface area contributed by atoms with Gasteiger partial charge in [0.2, 0.25) is 5.91 Å². The number of hydrogen-bond donors (Lipinski definition) is 1. The van der Waals surface area contributed by atoms with E-state index in [0.717, 1.165) is 11.1 Å². The Kier molecular flexibility index (Phi) is 4.49. The summed E-state index contributed by atoms with van der Waals surface area (Å²) in [5.41, 5.74) is 1.85. The molecule has 2 aromatic carbocycles. The van der Waals surface area contributed by atoms with Crippen LogP contribution >= 0.6 is 0 Å². The average Bonchev–Trinajstić information content (AvgIpc) is 2.51. The van der Waals surface area contributed by atoms with Crippen molar-refractivity contribution in [3.63, 3.8) is 0 Å². The Hall–Kier alpha value is -2.20. The number of rotatable bonds is 5. The van der Waals surface area contributed by atoms with E-state index in [4.69, 9.17) is 4.74 Å². The van der Waals surface area contributed by atoms with E-state index in [0.29, 0.717) is 25.6 Å². The Bertz CT molecular complexity index is 623. The van der Waals surface area contributed by atoms with Gasteiger partial charge in [-0.1, -0.05) is 42.5 Å². The van der Waals surface area contributed by atoms with Gasteiger partial charge < -0.3 is 10.1 Å². The molecule has 0 radical (unpaired) electrons. The molecule has 0 bridgehead atoms. The molecule has 1 aliphatic rings. The van der Waals surface area contributed by atoms with Crippen molar-refractivity contribution < 1.29 is 13.9 Å². The standard InChI is InChI=1S/C18H18FNO2/c19-16-8-6-15(7-9-16)18(14-4-2-1-3-5-14)20-17(21)10-13-11-22-12-13/h1-9,13,18H,10-12H2,(H,20,21). The molecule has 114 valence electrons. The lowest BCUT2D eigenvalue weighted by atomic mass is 9.97. The first kappa shape index (κ1) is 14.7. The van der Waals surface area contributed by atoms with Gasteiger partial charge in [-0.25, -0.2) is 4.39 Å².